The van der Waals surface area contributed by atoms with E-state index in [1.165, 1.54) is 25.7 Å². The number of ether oxygens (including phenoxy) is 1. The van der Waals surface area contributed by atoms with Gasteiger partial charge in [0, 0.05) is 29.9 Å². The molecule has 0 aliphatic rings. The fraction of sp³-hybridized carbons (Fsp3) is 0.481. The molecular formula is C27H38N2O3. The lowest BCUT2D eigenvalue weighted by Crippen LogP contribution is -2.32. The Morgan fingerprint density at radius 2 is 1.34 bits per heavy atom. The Morgan fingerprint density at radius 3 is 1.94 bits per heavy atom. The molecule has 0 bridgehead atoms. The van der Waals surface area contributed by atoms with Crippen molar-refractivity contribution in [2.75, 3.05) is 25.0 Å². The molecular weight excluding hydrogens is 400 g/mol. The van der Waals surface area contributed by atoms with Crippen molar-refractivity contribution in [1.82, 2.24) is 4.90 Å². The fourth-order valence-electron chi connectivity index (χ4n) is 3.53. The van der Waals surface area contributed by atoms with Gasteiger partial charge in [0.2, 0.25) is 0 Å². The van der Waals surface area contributed by atoms with Gasteiger partial charge in [0.1, 0.15) is 5.75 Å². The van der Waals surface area contributed by atoms with Crippen LogP contribution in [0.15, 0.2) is 48.5 Å². The molecule has 0 saturated heterocycles. The van der Waals surface area contributed by atoms with Crippen molar-refractivity contribution in [3.8, 4) is 5.75 Å². The summed E-state index contributed by atoms with van der Waals surface area (Å²) >= 11 is 0. The van der Waals surface area contributed by atoms with Crippen molar-refractivity contribution in [2.45, 2.75) is 65.7 Å². The number of rotatable bonds is 14. The van der Waals surface area contributed by atoms with E-state index in [0.717, 1.165) is 38.1 Å². The molecule has 1 N–H and O–H groups in total. The van der Waals surface area contributed by atoms with Crippen molar-refractivity contribution in [3.63, 3.8) is 0 Å². The number of hydrogen-bond acceptors (Lipinski definition) is 3. The molecule has 0 aliphatic carbocycles. The van der Waals surface area contributed by atoms with Crippen LogP contribution in [0.1, 0.15) is 86.4 Å². The second-order valence-corrected chi connectivity index (χ2v) is 8.11. The van der Waals surface area contributed by atoms with E-state index in [2.05, 4.69) is 26.1 Å². The van der Waals surface area contributed by atoms with E-state index in [4.69, 9.17) is 4.74 Å². The van der Waals surface area contributed by atoms with Gasteiger partial charge >= 0.3 is 0 Å². The van der Waals surface area contributed by atoms with Crippen molar-refractivity contribution in [1.29, 1.82) is 0 Å². The number of nitrogens with zero attached hydrogens (tertiary/aromatic N) is 1. The van der Waals surface area contributed by atoms with Gasteiger partial charge in [0.25, 0.3) is 11.8 Å². The third-order valence-corrected chi connectivity index (χ3v) is 5.30. The van der Waals surface area contributed by atoms with Crippen LogP contribution >= 0.6 is 0 Å². The summed E-state index contributed by atoms with van der Waals surface area (Å²) in [5, 5.41) is 2.89. The van der Waals surface area contributed by atoms with Crippen LogP contribution in [0, 0.1) is 0 Å². The SMILES string of the molecule is CCCCCCCOc1ccc(C(=O)Nc2ccc(C(=O)N(CCC)CCC)cc2)cc1. The second-order valence-electron chi connectivity index (χ2n) is 8.11. The van der Waals surface area contributed by atoms with E-state index in [9.17, 15) is 9.59 Å². The standard InChI is InChI=1S/C27H38N2O3/c1-4-7-8-9-10-21-32-25-17-13-22(14-18-25)26(30)28-24-15-11-23(12-16-24)27(31)29(19-5-2)20-6-3/h11-18H,4-10,19-21H2,1-3H3,(H,28,30). The Bertz CT molecular complexity index is 810. The topological polar surface area (TPSA) is 58.6 Å². The summed E-state index contributed by atoms with van der Waals surface area (Å²) in [4.78, 5) is 27.1. The van der Waals surface area contributed by atoms with Crippen LogP contribution in [-0.4, -0.2) is 36.4 Å². The van der Waals surface area contributed by atoms with Gasteiger partial charge in [-0.25, -0.2) is 0 Å². The molecule has 0 radical (unpaired) electrons. The number of anilines is 1. The summed E-state index contributed by atoms with van der Waals surface area (Å²) in [6.07, 6.45) is 7.88. The first-order valence-electron chi connectivity index (χ1n) is 12.0. The number of benzene rings is 2. The van der Waals surface area contributed by atoms with Crippen LogP contribution in [-0.2, 0) is 0 Å². The van der Waals surface area contributed by atoms with E-state index in [1.54, 1.807) is 36.4 Å². The first kappa shape index (κ1) is 25.4. The zero-order valence-electron chi connectivity index (χ0n) is 19.9. The summed E-state index contributed by atoms with van der Waals surface area (Å²) in [5.41, 5.74) is 1.87. The van der Waals surface area contributed by atoms with Gasteiger partial charge < -0.3 is 15.0 Å². The number of nitrogens with one attached hydrogen (secondary N) is 1. The van der Waals surface area contributed by atoms with Gasteiger partial charge in [-0.1, -0.05) is 46.5 Å². The molecule has 5 heteroatoms. The maximum Gasteiger partial charge on any atom is 0.255 e. The average molecular weight is 439 g/mol. The molecule has 2 aromatic rings. The Kier molecular flexibility index (Phi) is 11.4. The Morgan fingerprint density at radius 1 is 0.750 bits per heavy atom. The van der Waals surface area contributed by atoms with E-state index in [1.807, 2.05) is 17.0 Å². The molecule has 0 fully saturated rings. The molecule has 0 spiro atoms. The molecule has 5 nitrogen and oxygen atoms in total. The fourth-order valence-corrected chi connectivity index (χ4v) is 3.53. The minimum Gasteiger partial charge on any atom is -0.494 e. The highest BCUT2D eigenvalue weighted by atomic mass is 16.5. The summed E-state index contributed by atoms with van der Waals surface area (Å²) in [6, 6.07) is 14.3. The highest BCUT2D eigenvalue weighted by Gasteiger charge is 2.14. The van der Waals surface area contributed by atoms with Gasteiger partial charge in [-0.2, -0.15) is 0 Å². The van der Waals surface area contributed by atoms with E-state index < -0.39 is 0 Å². The van der Waals surface area contributed by atoms with Crippen LogP contribution in [0.25, 0.3) is 0 Å². The van der Waals surface area contributed by atoms with Gasteiger partial charge in [-0.3, -0.25) is 9.59 Å². The Hall–Kier alpha value is -2.82. The molecule has 0 atom stereocenters. The lowest BCUT2D eigenvalue weighted by Gasteiger charge is -2.21. The molecule has 0 aliphatic heterocycles. The number of carbonyl (C=O) groups excluding carboxylic acids is 2. The first-order chi connectivity index (χ1) is 15.6. The molecule has 2 aromatic carbocycles. The van der Waals surface area contributed by atoms with Crippen molar-refractivity contribution in [3.05, 3.63) is 59.7 Å². The Balaban J connectivity index is 1.86. The highest BCUT2D eigenvalue weighted by Crippen LogP contribution is 2.16. The third-order valence-electron chi connectivity index (χ3n) is 5.30. The van der Waals surface area contributed by atoms with Crippen molar-refractivity contribution in [2.24, 2.45) is 0 Å². The Labute approximate surface area is 193 Å². The van der Waals surface area contributed by atoms with Gasteiger partial charge in [-0.15, -0.1) is 0 Å². The normalized spacial score (nSPS) is 10.6. The van der Waals surface area contributed by atoms with Gasteiger partial charge in [0.15, 0.2) is 0 Å². The first-order valence-corrected chi connectivity index (χ1v) is 12.0. The predicted molar refractivity (Wildman–Crippen MR) is 132 cm³/mol. The molecule has 0 aromatic heterocycles. The van der Waals surface area contributed by atoms with E-state index >= 15 is 0 Å². The summed E-state index contributed by atoms with van der Waals surface area (Å²) in [5.74, 6) is 0.630. The number of amides is 2. The van der Waals surface area contributed by atoms with Crippen LogP contribution in [0.2, 0.25) is 0 Å². The largest absolute Gasteiger partial charge is 0.494 e. The highest BCUT2D eigenvalue weighted by molar-refractivity contribution is 6.04. The van der Waals surface area contributed by atoms with Gasteiger partial charge in [0.05, 0.1) is 6.61 Å². The molecule has 0 heterocycles. The van der Waals surface area contributed by atoms with Crippen LogP contribution in [0.3, 0.4) is 0 Å². The summed E-state index contributed by atoms with van der Waals surface area (Å²) in [7, 11) is 0. The smallest absolute Gasteiger partial charge is 0.255 e. The lowest BCUT2D eigenvalue weighted by molar-refractivity contribution is 0.0755. The molecule has 0 saturated carbocycles. The van der Waals surface area contributed by atoms with Crippen LogP contribution in [0.4, 0.5) is 5.69 Å². The molecule has 2 rings (SSSR count). The minimum atomic E-state index is -0.186. The van der Waals surface area contributed by atoms with Crippen LogP contribution < -0.4 is 10.1 Å². The van der Waals surface area contributed by atoms with Crippen molar-refractivity contribution >= 4 is 17.5 Å². The molecule has 2 amide bonds. The number of carbonyl (C=O) groups is 2. The maximum atomic E-state index is 12.7. The quantitative estimate of drug-likeness (QED) is 0.340. The molecule has 0 unspecified atom stereocenters. The van der Waals surface area contributed by atoms with Crippen LogP contribution in [0.5, 0.6) is 5.75 Å². The lowest BCUT2D eigenvalue weighted by atomic mass is 10.1. The number of unbranched alkanes of at least 4 members (excludes halogenated alkanes) is 4. The summed E-state index contributed by atoms with van der Waals surface area (Å²) < 4.78 is 5.76. The van der Waals surface area contributed by atoms with Gasteiger partial charge in [-0.05, 0) is 67.8 Å². The third kappa shape index (κ3) is 8.37. The zero-order valence-corrected chi connectivity index (χ0v) is 19.9. The molecule has 174 valence electrons. The number of hydrogen-bond donors (Lipinski definition) is 1. The second kappa shape index (κ2) is 14.3. The van der Waals surface area contributed by atoms with Crippen molar-refractivity contribution < 1.29 is 14.3 Å². The average Bonchev–Trinajstić information content (AvgIpc) is 2.81. The van der Waals surface area contributed by atoms with E-state index in [0.29, 0.717) is 23.4 Å². The zero-order chi connectivity index (χ0) is 23.2. The molecule has 32 heavy (non-hydrogen) atoms. The summed E-state index contributed by atoms with van der Waals surface area (Å²) in [6.45, 7) is 8.56. The van der Waals surface area contributed by atoms with E-state index in [-0.39, 0.29) is 11.8 Å². The monoisotopic (exact) mass is 438 g/mol. The predicted octanol–water partition coefficient (Wildman–Crippen LogP) is 6.55. The maximum absolute atomic E-state index is 12.7. The minimum absolute atomic E-state index is 0.0347.